The van der Waals surface area contributed by atoms with Crippen LogP contribution in [0.2, 0.25) is 0 Å². The van der Waals surface area contributed by atoms with E-state index in [1.165, 1.54) is 36.4 Å². The summed E-state index contributed by atoms with van der Waals surface area (Å²) < 4.78 is 39.4. The molecule has 4 aliphatic rings. The molecule has 0 saturated carbocycles. The van der Waals surface area contributed by atoms with E-state index in [2.05, 4.69) is 0 Å². The van der Waals surface area contributed by atoms with Crippen molar-refractivity contribution in [1.82, 2.24) is 0 Å². The van der Waals surface area contributed by atoms with Crippen molar-refractivity contribution in [2.75, 3.05) is 13.2 Å². The Hall–Kier alpha value is -4.24. The average molecular weight is 695 g/mol. The van der Waals surface area contributed by atoms with Crippen LogP contribution in [0, 0.1) is 0 Å². The third-order valence-corrected chi connectivity index (χ3v) is 8.34. The number of carbonyl (C=O) groups excluding carboxylic acids is 2. The van der Waals surface area contributed by atoms with Gasteiger partial charge < -0.3 is 79.1 Å². The van der Waals surface area contributed by atoms with Crippen LogP contribution in [-0.2, 0) is 33.3 Å². The van der Waals surface area contributed by atoms with E-state index < -0.39 is 105 Å². The molecule has 0 spiro atoms. The smallest absolute Gasteiger partial charge is 0.335 e. The molecule has 266 valence electrons. The normalized spacial score (nSPS) is 36.8. The molecule has 0 radical (unpaired) electrons. The number of rotatable bonds is 1. The molecule has 0 aromatic heterocycles. The number of aliphatic hydroxyl groups excluding tert-OH is 7. The van der Waals surface area contributed by atoms with Gasteiger partial charge in [0.05, 0.1) is 12.0 Å². The van der Waals surface area contributed by atoms with Gasteiger partial charge in [-0.25, -0.2) is 4.79 Å². The fraction of sp³-hybridized carbons (Fsp3) is 0.484. The second kappa shape index (κ2) is 13.9. The monoisotopic (exact) mass is 694 g/mol. The molecule has 4 aliphatic heterocycles. The molecule has 2 aromatic carbocycles. The number of hydrogen-bond acceptors (Lipinski definition) is 18. The lowest BCUT2D eigenvalue weighted by Gasteiger charge is -2.41. The van der Waals surface area contributed by atoms with E-state index in [-0.39, 0.29) is 34.3 Å². The van der Waals surface area contributed by atoms with Gasteiger partial charge in [-0.15, -0.1) is 0 Å². The molecular weight excluding hydrogens is 660 g/mol. The number of fused-ring (bicyclic) bond motifs is 4. The van der Waals surface area contributed by atoms with E-state index in [0.717, 1.165) is 6.07 Å². The van der Waals surface area contributed by atoms with Crippen LogP contribution in [0.25, 0.3) is 6.08 Å². The number of aromatic hydroxyl groups is 2. The minimum absolute atomic E-state index is 0.00160. The maximum atomic E-state index is 12.4. The lowest BCUT2D eigenvalue weighted by atomic mass is 9.98. The number of hydrogen-bond donors (Lipinski definition) is 9. The van der Waals surface area contributed by atoms with Crippen LogP contribution < -0.4 is 9.47 Å². The van der Waals surface area contributed by atoms with Crippen LogP contribution >= 0.6 is 0 Å². The second-order valence-electron chi connectivity index (χ2n) is 11.8. The SMILES string of the molecule is O=C1C[C@@H](O)C(=O)OC[C@H]2O[C@@H](Oc3cc(O)cc4c3C=C(O[C@@H]3O[C@H](CO1)[C@@H](O)[C@H](O)[C@H]3O)C(c1ccc(O)cc1)O4)[C@H](O)[C@@H](O)[C@H]2O. The minimum Gasteiger partial charge on any atom is -0.508 e. The first-order valence-corrected chi connectivity index (χ1v) is 15.1. The van der Waals surface area contributed by atoms with Crippen LogP contribution in [-0.4, -0.2) is 139 Å². The summed E-state index contributed by atoms with van der Waals surface area (Å²) in [5, 5.41) is 94.4. The summed E-state index contributed by atoms with van der Waals surface area (Å²) >= 11 is 0. The van der Waals surface area contributed by atoms with Gasteiger partial charge >= 0.3 is 11.9 Å². The number of phenolic OH excluding ortho intramolecular Hbond substituents is 2. The van der Waals surface area contributed by atoms with Crippen molar-refractivity contribution in [2.45, 2.75) is 80.0 Å². The van der Waals surface area contributed by atoms with Gasteiger partial charge in [0.25, 0.3) is 0 Å². The second-order valence-corrected chi connectivity index (χ2v) is 11.8. The summed E-state index contributed by atoms with van der Waals surface area (Å²) in [6.07, 6.45) is -20.4. The van der Waals surface area contributed by atoms with Gasteiger partial charge in [0.15, 0.2) is 12.2 Å². The number of aliphatic hydroxyl groups is 7. The van der Waals surface area contributed by atoms with Crippen molar-refractivity contribution in [3.8, 4) is 23.0 Å². The molecule has 0 aliphatic carbocycles. The first kappa shape index (κ1) is 34.6. The Bertz CT molecular complexity index is 1560. The van der Waals surface area contributed by atoms with Gasteiger partial charge in [-0.2, -0.15) is 0 Å². The molecule has 2 aromatic rings. The number of cyclic esters (lactones) is 2. The number of phenols is 2. The van der Waals surface area contributed by atoms with Crippen LogP contribution in [0.15, 0.2) is 42.2 Å². The molecule has 9 N–H and O–H groups in total. The van der Waals surface area contributed by atoms with E-state index in [9.17, 15) is 55.5 Å². The maximum Gasteiger partial charge on any atom is 0.335 e. The Balaban J connectivity index is 1.42. The van der Waals surface area contributed by atoms with Gasteiger partial charge in [0, 0.05) is 17.7 Å². The number of ether oxygens (including phenoxy) is 7. The fourth-order valence-electron chi connectivity index (χ4n) is 5.60. The average Bonchev–Trinajstić information content (AvgIpc) is 3.07. The summed E-state index contributed by atoms with van der Waals surface area (Å²) in [6, 6.07) is 8.04. The summed E-state index contributed by atoms with van der Waals surface area (Å²) in [7, 11) is 0. The van der Waals surface area contributed by atoms with Crippen LogP contribution in [0.1, 0.15) is 23.7 Å². The number of esters is 2. The van der Waals surface area contributed by atoms with Gasteiger partial charge in [-0.1, -0.05) is 12.1 Å². The van der Waals surface area contributed by atoms with E-state index in [0.29, 0.717) is 5.56 Å². The third-order valence-electron chi connectivity index (χ3n) is 8.34. The predicted molar refractivity (Wildman–Crippen MR) is 155 cm³/mol. The van der Waals surface area contributed by atoms with Gasteiger partial charge in [0.1, 0.15) is 90.8 Å². The molecule has 4 heterocycles. The summed E-state index contributed by atoms with van der Waals surface area (Å²) in [4.78, 5) is 24.8. The van der Waals surface area contributed by atoms with Crippen molar-refractivity contribution < 1.29 is 88.7 Å². The Morgan fingerprint density at radius 1 is 0.612 bits per heavy atom. The zero-order chi connectivity index (χ0) is 35.1. The molecule has 12 atom stereocenters. The highest BCUT2D eigenvalue weighted by molar-refractivity contribution is 5.81. The van der Waals surface area contributed by atoms with Crippen LogP contribution in [0.3, 0.4) is 0 Å². The highest BCUT2D eigenvalue weighted by Gasteiger charge is 2.48. The first-order valence-electron chi connectivity index (χ1n) is 15.1. The Labute approximate surface area is 276 Å². The van der Waals surface area contributed by atoms with Crippen molar-refractivity contribution in [2.24, 2.45) is 0 Å². The number of benzene rings is 2. The zero-order valence-corrected chi connectivity index (χ0v) is 25.3. The predicted octanol–water partition coefficient (Wildman–Crippen LogP) is -2.57. The quantitative estimate of drug-likeness (QED) is 0.139. The van der Waals surface area contributed by atoms with Crippen molar-refractivity contribution in [3.05, 3.63) is 53.3 Å². The number of carbonyl (C=O) groups is 2. The van der Waals surface area contributed by atoms with Crippen molar-refractivity contribution in [3.63, 3.8) is 0 Å². The topological polar surface area (TPSA) is 281 Å². The maximum absolute atomic E-state index is 12.4. The Kier molecular flexibility index (Phi) is 9.85. The summed E-state index contributed by atoms with van der Waals surface area (Å²) in [6.45, 7) is -1.49. The van der Waals surface area contributed by atoms with Gasteiger partial charge in [-0.05, 0) is 18.2 Å². The highest BCUT2D eigenvalue weighted by atomic mass is 16.7. The van der Waals surface area contributed by atoms with Crippen LogP contribution in [0.4, 0.5) is 0 Å². The molecule has 2 saturated heterocycles. The van der Waals surface area contributed by atoms with Crippen LogP contribution in [0.5, 0.6) is 23.0 Å². The molecule has 0 amide bonds. The molecule has 18 nitrogen and oxygen atoms in total. The largest absolute Gasteiger partial charge is 0.508 e. The Morgan fingerprint density at radius 2 is 1.16 bits per heavy atom. The van der Waals surface area contributed by atoms with E-state index in [4.69, 9.17) is 33.2 Å². The lowest BCUT2D eigenvalue weighted by Crippen LogP contribution is -2.60. The highest BCUT2D eigenvalue weighted by Crippen LogP contribution is 2.46. The molecule has 6 rings (SSSR count). The lowest BCUT2D eigenvalue weighted by molar-refractivity contribution is -0.294. The molecule has 2 fully saturated rings. The Morgan fingerprint density at radius 3 is 1.78 bits per heavy atom. The zero-order valence-electron chi connectivity index (χ0n) is 25.3. The van der Waals surface area contributed by atoms with Gasteiger partial charge in [0.2, 0.25) is 12.6 Å². The molecular formula is C31H34O18. The summed E-state index contributed by atoms with van der Waals surface area (Å²) in [5.41, 5.74) is 0.460. The van der Waals surface area contributed by atoms with E-state index in [1.807, 2.05) is 0 Å². The van der Waals surface area contributed by atoms with Crippen molar-refractivity contribution in [1.29, 1.82) is 0 Å². The fourth-order valence-corrected chi connectivity index (χ4v) is 5.60. The minimum atomic E-state index is -2.06. The van der Waals surface area contributed by atoms with Gasteiger partial charge in [-0.3, -0.25) is 4.79 Å². The molecule has 1 unspecified atom stereocenters. The molecule has 6 bridgehead atoms. The third kappa shape index (κ3) is 7.09. The van der Waals surface area contributed by atoms with E-state index in [1.54, 1.807) is 0 Å². The van der Waals surface area contributed by atoms with E-state index >= 15 is 0 Å². The molecule has 18 heteroatoms. The molecule has 49 heavy (non-hydrogen) atoms. The van der Waals surface area contributed by atoms with Crippen molar-refractivity contribution >= 4 is 18.0 Å². The standard InChI is InChI=1S/C31H34O18/c32-12-3-1-11(2-4-12)28-18-7-14-16(45-28)5-13(33)6-17(14)46-30-26(40)25(39)23(37)20(49-30)10-44-29(42)15(34)8-21(35)43-9-19-22(36)24(38)27(41)31(47-18)48-19/h1-7,15,19-20,22-28,30-34,36-41H,8-10H2/t15-,19-,20-,22-,23+,24+,25+,26-,27-,28?,30-,31-/m1/s1. The summed E-state index contributed by atoms with van der Waals surface area (Å²) in [5.74, 6) is -3.23. The first-order chi connectivity index (χ1) is 23.3.